The highest BCUT2D eigenvalue weighted by Gasteiger charge is 2.10. The number of hydrogen-bond acceptors (Lipinski definition) is 7. The van der Waals surface area contributed by atoms with E-state index in [1.165, 1.54) is 7.11 Å². The Labute approximate surface area is 186 Å². The van der Waals surface area contributed by atoms with Gasteiger partial charge in [0.25, 0.3) is 5.91 Å². The Morgan fingerprint density at radius 3 is 2.81 bits per heavy atom. The maximum absolute atomic E-state index is 12.6. The van der Waals surface area contributed by atoms with Crippen molar-refractivity contribution in [3.63, 3.8) is 0 Å². The number of aliphatic imine (C=N–C) groups is 1. The van der Waals surface area contributed by atoms with Gasteiger partial charge in [0.05, 0.1) is 13.7 Å². The summed E-state index contributed by atoms with van der Waals surface area (Å²) >= 11 is 0. The van der Waals surface area contributed by atoms with E-state index in [2.05, 4.69) is 42.5 Å². The summed E-state index contributed by atoms with van der Waals surface area (Å²) in [6.45, 7) is 6.06. The maximum Gasteiger partial charge on any atom is 0.251 e. The van der Waals surface area contributed by atoms with Crippen molar-refractivity contribution in [3.8, 4) is 11.4 Å². The molecule has 9 nitrogen and oxygen atoms in total. The molecule has 9 heteroatoms. The third-order valence-corrected chi connectivity index (χ3v) is 4.47. The average Bonchev–Trinajstić information content (AvgIpc) is 3.31. The number of methoxy groups -OCH3 is 1. The first kappa shape index (κ1) is 22.4. The third kappa shape index (κ3) is 5.88. The van der Waals surface area contributed by atoms with E-state index in [1.54, 1.807) is 24.5 Å². The van der Waals surface area contributed by atoms with E-state index in [0.717, 1.165) is 16.8 Å². The molecule has 3 rings (SSSR count). The molecule has 0 spiro atoms. The van der Waals surface area contributed by atoms with Crippen LogP contribution in [0.25, 0.3) is 11.4 Å². The van der Waals surface area contributed by atoms with Crippen LogP contribution in [-0.2, 0) is 11.3 Å². The zero-order valence-electron chi connectivity index (χ0n) is 18.0. The standard InChI is InChI=1S/C23H25N7O2/c1-4-6-18(23(24-2)32-3)14-27-22(31)17-7-5-8-19(13-17)26-15-20-28-21(30-29-20)16-9-11-25-12-10-16/h4-13,26H,2,14-15H2,1,3H3,(H,27,31)(H,28,29,30)/b6-4-,23-18-. The van der Waals surface area contributed by atoms with Crippen LogP contribution >= 0.6 is 0 Å². The van der Waals surface area contributed by atoms with Crippen LogP contribution in [0.1, 0.15) is 23.1 Å². The second-order valence-corrected chi connectivity index (χ2v) is 6.65. The SMILES string of the molecule is C=N/C(OC)=C(\C=C/C)CNC(=O)c1cccc(NCc2nc(-c3ccncc3)n[nH]2)c1. The summed E-state index contributed by atoms with van der Waals surface area (Å²) in [4.78, 5) is 24.9. The molecule has 2 heterocycles. The van der Waals surface area contributed by atoms with E-state index in [9.17, 15) is 4.79 Å². The number of ether oxygens (including phenoxy) is 1. The first-order chi connectivity index (χ1) is 15.6. The molecule has 32 heavy (non-hydrogen) atoms. The van der Waals surface area contributed by atoms with Crippen molar-refractivity contribution in [1.82, 2.24) is 25.5 Å². The van der Waals surface area contributed by atoms with Crippen molar-refractivity contribution in [2.24, 2.45) is 4.99 Å². The minimum atomic E-state index is -0.213. The lowest BCUT2D eigenvalue weighted by Crippen LogP contribution is -2.26. The van der Waals surface area contributed by atoms with Crippen LogP contribution in [0.3, 0.4) is 0 Å². The summed E-state index contributed by atoms with van der Waals surface area (Å²) in [6, 6.07) is 10.9. The van der Waals surface area contributed by atoms with Crippen LogP contribution in [0.15, 0.2) is 77.4 Å². The Morgan fingerprint density at radius 2 is 2.09 bits per heavy atom. The fourth-order valence-electron chi connectivity index (χ4n) is 2.94. The Bertz CT molecular complexity index is 1120. The van der Waals surface area contributed by atoms with Crippen molar-refractivity contribution in [2.45, 2.75) is 13.5 Å². The molecule has 0 radical (unpaired) electrons. The normalized spacial score (nSPS) is 11.7. The Kier molecular flexibility index (Phi) is 7.85. The largest absolute Gasteiger partial charge is 0.481 e. The monoisotopic (exact) mass is 431 g/mol. The predicted octanol–water partition coefficient (Wildman–Crippen LogP) is 3.34. The van der Waals surface area contributed by atoms with E-state index in [4.69, 9.17) is 4.74 Å². The van der Waals surface area contributed by atoms with Crippen LogP contribution in [-0.4, -0.2) is 46.4 Å². The molecule has 0 aliphatic rings. The number of aromatic nitrogens is 4. The number of H-pyrrole nitrogens is 1. The Morgan fingerprint density at radius 1 is 1.28 bits per heavy atom. The number of carbonyl (C=O) groups is 1. The summed E-state index contributed by atoms with van der Waals surface area (Å²) in [5, 5.41) is 13.3. The minimum Gasteiger partial charge on any atom is -0.481 e. The molecule has 0 bridgehead atoms. The lowest BCUT2D eigenvalue weighted by atomic mass is 10.1. The molecule has 1 aromatic carbocycles. The van der Waals surface area contributed by atoms with Crippen molar-refractivity contribution >= 4 is 18.3 Å². The highest BCUT2D eigenvalue weighted by molar-refractivity contribution is 5.95. The molecule has 0 saturated carbocycles. The topological polar surface area (TPSA) is 117 Å². The molecule has 3 aromatic rings. The van der Waals surface area contributed by atoms with Gasteiger partial charge in [0.1, 0.15) is 5.82 Å². The number of amides is 1. The highest BCUT2D eigenvalue weighted by Crippen LogP contribution is 2.15. The average molecular weight is 432 g/mol. The van der Waals surface area contributed by atoms with E-state index in [-0.39, 0.29) is 12.5 Å². The van der Waals surface area contributed by atoms with E-state index < -0.39 is 0 Å². The van der Waals surface area contributed by atoms with Gasteiger partial charge in [-0.2, -0.15) is 5.10 Å². The van der Waals surface area contributed by atoms with Gasteiger partial charge >= 0.3 is 0 Å². The quantitative estimate of drug-likeness (QED) is 0.257. The number of nitrogens with one attached hydrogen (secondary N) is 3. The van der Waals surface area contributed by atoms with E-state index >= 15 is 0 Å². The summed E-state index contributed by atoms with van der Waals surface area (Å²) in [5.74, 6) is 1.44. The van der Waals surface area contributed by atoms with Gasteiger partial charge < -0.3 is 15.4 Å². The molecule has 164 valence electrons. The molecule has 0 unspecified atom stereocenters. The van der Waals surface area contributed by atoms with Crippen molar-refractivity contribution in [1.29, 1.82) is 0 Å². The lowest BCUT2D eigenvalue weighted by molar-refractivity contribution is 0.0957. The van der Waals surface area contributed by atoms with Gasteiger partial charge in [0.2, 0.25) is 5.88 Å². The summed E-state index contributed by atoms with van der Waals surface area (Å²) in [7, 11) is 1.51. The smallest absolute Gasteiger partial charge is 0.251 e. The number of hydrogen-bond donors (Lipinski definition) is 3. The van der Waals surface area contributed by atoms with Crippen LogP contribution in [0.4, 0.5) is 5.69 Å². The number of allylic oxidation sites excluding steroid dienone is 1. The molecule has 1 amide bonds. The Hall–Kier alpha value is -4.27. The van der Waals surface area contributed by atoms with Crippen molar-refractivity contribution in [3.05, 3.63) is 83.8 Å². The molecular weight excluding hydrogens is 406 g/mol. The molecule has 0 saturated heterocycles. The molecule has 0 fully saturated rings. The van der Waals surface area contributed by atoms with Gasteiger partial charge in [0.15, 0.2) is 5.82 Å². The van der Waals surface area contributed by atoms with Crippen LogP contribution < -0.4 is 10.6 Å². The number of nitrogens with zero attached hydrogens (tertiary/aromatic N) is 4. The minimum absolute atomic E-state index is 0.213. The summed E-state index contributed by atoms with van der Waals surface area (Å²) < 4.78 is 5.20. The molecule has 0 atom stereocenters. The van der Waals surface area contributed by atoms with Crippen LogP contribution in [0.2, 0.25) is 0 Å². The van der Waals surface area contributed by atoms with Gasteiger partial charge in [0, 0.05) is 41.3 Å². The highest BCUT2D eigenvalue weighted by atomic mass is 16.5. The van der Waals surface area contributed by atoms with Gasteiger partial charge in [-0.15, -0.1) is 0 Å². The number of rotatable bonds is 10. The first-order valence-corrected chi connectivity index (χ1v) is 9.95. The molecule has 3 N–H and O–H groups in total. The van der Waals surface area contributed by atoms with E-state index in [1.807, 2.05) is 43.3 Å². The molecular formula is C23H25N7O2. The van der Waals surface area contributed by atoms with Crippen LogP contribution in [0.5, 0.6) is 0 Å². The molecule has 2 aromatic heterocycles. The van der Waals surface area contributed by atoms with Crippen molar-refractivity contribution < 1.29 is 9.53 Å². The zero-order valence-corrected chi connectivity index (χ0v) is 18.0. The van der Waals surface area contributed by atoms with Crippen molar-refractivity contribution in [2.75, 3.05) is 19.0 Å². The molecule has 0 aliphatic heterocycles. The fraction of sp³-hybridized carbons (Fsp3) is 0.174. The number of pyridine rings is 1. The van der Waals surface area contributed by atoms with Gasteiger partial charge in [-0.1, -0.05) is 18.2 Å². The fourth-order valence-corrected chi connectivity index (χ4v) is 2.94. The number of benzene rings is 1. The van der Waals surface area contributed by atoms with Gasteiger partial charge in [-0.05, 0) is 44.0 Å². The first-order valence-electron chi connectivity index (χ1n) is 9.95. The molecule has 0 aliphatic carbocycles. The van der Waals surface area contributed by atoms with E-state index in [0.29, 0.717) is 29.6 Å². The maximum atomic E-state index is 12.6. The lowest BCUT2D eigenvalue weighted by Gasteiger charge is -2.10. The second-order valence-electron chi connectivity index (χ2n) is 6.65. The third-order valence-electron chi connectivity index (χ3n) is 4.47. The van der Waals surface area contributed by atoms with Crippen LogP contribution in [0, 0.1) is 0 Å². The predicted molar refractivity (Wildman–Crippen MR) is 124 cm³/mol. The second kappa shape index (κ2) is 11.2. The number of carbonyl (C=O) groups excluding carboxylic acids is 1. The summed E-state index contributed by atoms with van der Waals surface area (Å²) in [6.07, 6.45) is 7.06. The van der Waals surface area contributed by atoms with Gasteiger partial charge in [-0.25, -0.2) is 9.98 Å². The number of aromatic amines is 1. The number of anilines is 1. The Balaban J connectivity index is 1.61. The van der Waals surface area contributed by atoms with Gasteiger partial charge in [-0.3, -0.25) is 14.9 Å². The zero-order chi connectivity index (χ0) is 22.8. The summed E-state index contributed by atoms with van der Waals surface area (Å²) in [5.41, 5.74) is 2.92.